The van der Waals surface area contributed by atoms with Gasteiger partial charge in [-0.2, -0.15) is 9.97 Å². The Morgan fingerprint density at radius 2 is 1.86 bits per heavy atom. The number of aromatic carboxylic acids is 1. The normalized spacial score (nSPS) is 10.6. The van der Waals surface area contributed by atoms with Crippen molar-refractivity contribution in [3.05, 3.63) is 70.5 Å². The number of nitrogens with zero attached hydrogens (tertiary/aromatic N) is 4. The minimum atomic E-state index is -1.02. The van der Waals surface area contributed by atoms with Gasteiger partial charge in [0, 0.05) is 23.5 Å². The number of nitrogens with one attached hydrogen (secondary N) is 3. The number of fused-ring (bicyclic) bond motifs is 1. The fourth-order valence-corrected chi connectivity index (χ4v) is 2.64. The van der Waals surface area contributed by atoms with E-state index in [1.54, 1.807) is 24.3 Å². The number of aromatic nitrogens is 4. The molecule has 0 saturated carbocycles. The van der Waals surface area contributed by atoms with Crippen LogP contribution in [0, 0.1) is 10.1 Å². The summed E-state index contributed by atoms with van der Waals surface area (Å²) in [5, 5.41) is 26.0. The van der Waals surface area contributed by atoms with Crippen molar-refractivity contribution in [2.75, 3.05) is 10.6 Å². The average Bonchev–Trinajstić information content (AvgIpc) is 3.17. The molecule has 0 bridgehead atoms. The molecule has 4 rings (SSSR count). The van der Waals surface area contributed by atoms with Crippen LogP contribution in [0.1, 0.15) is 10.4 Å². The van der Waals surface area contributed by atoms with Crippen LogP contribution in [0.15, 0.2) is 54.9 Å². The van der Waals surface area contributed by atoms with Gasteiger partial charge in [-0.05, 0) is 30.3 Å². The first-order valence-corrected chi connectivity index (χ1v) is 8.32. The van der Waals surface area contributed by atoms with Crippen LogP contribution in [0.25, 0.3) is 11.2 Å². The molecule has 0 fully saturated rings. The molecule has 2 aromatic carbocycles. The number of aromatic amines is 1. The first kappa shape index (κ1) is 17.9. The van der Waals surface area contributed by atoms with E-state index in [0.29, 0.717) is 28.4 Å². The lowest BCUT2D eigenvalue weighted by molar-refractivity contribution is -0.384. The lowest BCUT2D eigenvalue weighted by Crippen LogP contribution is -2.03. The first-order valence-electron chi connectivity index (χ1n) is 8.32. The number of anilines is 4. The summed E-state index contributed by atoms with van der Waals surface area (Å²) in [7, 11) is 0. The molecule has 0 radical (unpaired) electrons. The van der Waals surface area contributed by atoms with Gasteiger partial charge in [0.05, 0.1) is 16.8 Å². The first-order chi connectivity index (χ1) is 14.0. The van der Waals surface area contributed by atoms with Crippen molar-refractivity contribution in [3.8, 4) is 0 Å². The van der Waals surface area contributed by atoms with Crippen molar-refractivity contribution < 1.29 is 14.8 Å². The van der Waals surface area contributed by atoms with Crippen molar-refractivity contribution in [1.29, 1.82) is 0 Å². The number of hydrogen-bond donors (Lipinski definition) is 4. The number of non-ortho nitro benzene ring substituents is 1. The summed E-state index contributed by atoms with van der Waals surface area (Å²) in [6.45, 7) is 0. The fraction of sp³-hybridized carbons (Fsp3) is 0. The number of carbonyl (C=O) groups is 1. The molecule has 29 heavy (non-hydrogen) atoms. The third-order valence-corrected chi connectivity index (χ3v) is 3.99. The Labute approximate surface area is 162 Å². The summed E-state index contributed by atoms with van der Waals surface area (Å²) in [5.74, 6) is -0.420. The highest BCUT2D eigenvalue weighted by Gasteiger charge is 2.12. The van der Waals surface area contributed by atoms with E-state index in [1.807, 2.05) is 0 Å². The summed E-state index contributed by atoms with van der Waals surface area (Å²) < 4.78 is 0. The molecule has 144 valence electrons. The number of nitro benzene ring substituents is 1. The number of carboxylic acids is 1. The monoisotopic (exact) mass is 391 g/mol. The average molecular weight is 391 g/mol. The summed E-state index contributed by atoms with van der Waals surface area (Å²) in [5.41, 5.74) is 2.11. The lowest BCUT2D eigenvalue weighted by Gasteiger charge is -2.10. The number of nitro groups is 1. The maximum Gasteiger partial charge on any atom is 0.335 e. The van der Waals surface area contributed by atoms with Crippen LogP contribution >= 0.6 is 0 Å². The van der Waals surface area contributed by atoms with E-state index in [9.17, 15) is 14.9 Å². The topological polar surface area (TPSA) is 159 Å². The van der Waals surface area contributed by atoms with E-state index in [1.165, 1.54) is 30.6 Å². The molecule has 0 spiro atoms. The number of carboxylic acid groups (broad SMARTS) is 1. The molecule has 2 heterocycles. The molecule has 0 aliphatic carbocycles. The second-order valence-corrected chi connectivity index (χ2v) is 5.94. The highest BCUT2D eigenvalue weighted by Crippen LogP contribution is 2.25. The standard InChI is InChI=1S/C18H13N7O4/c26-17(27)10-4-6-11(7-5-10)21-16-14-15(20-9-19-14)23-18(24-16)22-12-2-1-3-13(8-12)25(28)29/h1-9H,(H,26,27)(H3,19,20,21,22,23,24). The van der Waals surface area contributed by atoms with Crippen molar-refractivity contribution in [2.45, 2.75) is 0 Å². The minimum absolute atomic E-state index is 0.0623. The zero-order valence-corrected chi connectivity index (χ0v) is 14.7. The van der Waals surface area contributed by atoms with Crippen LogP contribution < -0.4 is 10.6 Å². The maximum absolute atomic E-state index is 11.0. The molecule has 0 unspecified atom stereocenters. The minimum Gasteiger partial charge on any atom is -0.478 e. The maximum atomic E-state index is 11.0. The third kappa shape index (κ3) is 3.78. The molecule has 0 atom stereocenters. The fourth-order valence-electron chi connectivity index (χ4n) is 2.64. The quantitative estimate of drug-likeness (QED) is 0.285. The Morgan fingerprint density at radius 3 is 2.59 bits per heavy atom. The Kier molecular flexibility index (Phi) is 4.45. The smallest absolute Gasteiger partial charge is 0.335 e. The molecule has 0 amide bonds. The van der Waals surface area contributed by atoms with Gasteiger partial charge in [-0.1, -0.05) is 6.07 Å². The van der Waals surface area contributed by atoms with Crippen molar-refractivity contribution >= 4 is 46.0 Å². The second kappa shape index (κ2) is 7.23. The molecule has 4 aromatic rings. The van der Waals surface area contributed by atoms with Crippen LogP contribution in [0.3, 0.4) is 0 Å². The van der Waals surface area contributed by atoms with Crippen LogP contribution in [0.5, 0.6) is 0 Å². The van der Waals surface area contributed by atoms with Gasteiger partial charge in [-0.15, -0.1) is 0 Å². The van der Waals surface area contributed by atoms with Gasteiger partial charge >= 0.3 is 5.97 Å². The summed E-state index contributed by atoms with van der Waals surface area (Å²) in [6, 6.07) is 12.1. The van der Waals surface area contributed by atoms with E-state index >= 15 is 0 Å². The predicted molar refractivity (Wildman–Crippen MR) is 105 cm³/mol. The highest BCUT2D eigenvalue weighted by molar-refractivity contribution is 5.89. The molecular formula is C18H13N7O4. The lowest BCUT2D eigenvalue weighted by atomic mass is 10.2. The van der Waals surface area contributed by atoms with Crippen molar-refractivity contribution in [1.82, 2.24) is 19.9 Å². The Morgan fingerprint density at radius 1 is 1.07 bits per heavy atom. The predicted octanol–water partition coefficient (Wildman–Crippen LogP) is 3.45. The molecule has 0 aliphatic rings. The van der Waals surface area contributed by atoms with Crippen LogP contribution in [-0.2, 0) is 0 Å². The SMILES string of the molecule is O=C(O)c1ccc(Nc2nc(Nc3cccc([N+](=O)[O-])c3)nc3nc[nH]c23)cc1. The number of imidazole rings is 1. The van der Waals surface area contributed by atoms with Crippen LogP contribution in [0.4, 0.5) is 28.8 Å². The molecule has 11 heteroatoms. The molecule has 0 saturated heterocycles. The summed E-state index contributed by atoms with van der Waals surface area (Å²) >= 11 is 0. The molecule has 11 nitrogen and oxygen atoms in total. The number of rotatable bonds is 6. The highest BCUT2D eigenvalue weighted by atomic mass is 16.6. The van der Waals surface area contributed by atoms with Gasteiger partial charge in [0.1, 0.15) is 5.52 Å². The van der Waals surface area contributed by atoms with Crippen molar-refractivity contribution in [3.63, 3.8) is 0 Å². The van der Waals surface area contributed by atoms with Gasteiger partial charge in [0.25, 0.3) is 5.69 Å². The van der Waals surface area contributed by atoms with Gasteiger partial charge in [-0.3, -0.25) is 10.1 Å². The zero-order chi connectivity index (χ0) is 20.4. The van der Waals surface area contributed by atoms with E-state index in [4.69, 9.17) is 5.11 Å². The summed E-state index contributed by atoms with van der Waals surface area (Å²) in [6.07, 6.45) is 1.47. The van der Waals surface area contributed by atoms with E-state index < -0.39 is 10.9 Å². The van der Waals surface area contributed by atoms with E-state index in [0.717, 1.165) is 0 Å². The molecule has 2 aromatic heterocycles. The summed E-state index contributed by atoms with van der Waals surface area (Å²) in [4.78, 5) is 37.2. The number of H-pyrrole nitrogens is 1. The Balaban J connectivity index is 1.66. The van der Waals surface area contributed by atoms with Crippen LogP contribution in [0.2, 0.25) is 0 Å². The number of benzene rings is 2. The van der Waals surface area contributed by atoms with E-state index in [-0.39, 0.29) is 17.2 Å². The number of hydrogen-bond acceptors (Lipinski definition) is 8. The van der Waals surface area contributed by atoms with Gasteiger partial charge < -0.3 is 20.7 Å². The van der Waals surface area contributed by atoms with Gasteiger partial charge in [0.15, 0.2) is 11.5 Å². The molecule has 0 aliphatic heterocycles. The second-order valence-electron chi connectivity index (χ2n) is 5.94. The zero-order valence-electron chi connectivity index (χ0n) is 14.7. The van der Waals surface area contributed by atoms with Gasteiger partial charge in [-0.25, -0.2) is 9.78 Å². The van der Waals surface area contributed by atoms with Gasteiger partial charge in [0.2, 0.25) is 5.95 Å². The van der Waals surface area contributed by atoms with E-state index in [2.05, 4.69) is 30.6 Å². The third-order valence-electron chi connectivity index (χ3n) is 3.99. The molecule has 4 N–H and O–H groups in total. The Bertz CT molecular complexity index is 1220. The Hall–Kier alpha value is -4.54. The largest absolute Gasteiger partial charge is 0.478 e. The van der Waals surface area contributed by atoms with Crippen molar-refractivity contribution in [2.24, 2.45) is 0 Å². The van der Waals surface area contributed by atoms with Crippen LogP contribution in [-0.4, -0.2) is 35.9 Å². The molecular weight excluding hydrogens is 378 g/mol.